The standard InChI is InChI=1S/C17H14N6O/c24-17(13-5-6-16-18-19-20-23(16)10-13)21-7-8-22-14(11-21)9-12-3-1-2-4-15(12)22/h1-6,9-10H,7-8,11H2. The van der Waals surface area contributed by atoms with Crippen LogP contribution in [0.1, 0.15) is 16.1 Å². The van der Waals surface area contributed by atoms with E-state index in [0.717, 1.165) is 6.54 Å². The molecule has 0 aliphatic carbocycles. The van der Waals surface area contributed by atoms with Gasteiger partial charge in [-0.25, -0.2) is 0 Å². The Morgan fingerprint density at radius 3 is 2.96 bits per heavy atom. The molecule has 5 rings (SSSR count). The van der Waals surface area contributed by atoms with E-state index in [1.165, 1.54) is 21.1 Å². The van der Waals surface area contributed by atoms with Crippen molar-refractivity contribution < 1.29 is 4.79 Å². The number of pyridine rings is 1. The second-order valence-electron chi connectivity index (χ2n) is 5.97. The first kappa shape index (κ1) is 13.2. The zero-order chi connectivity index (χ0) is 16.1. The summed E-state index contributed by atoms with van der Waals surface area (Å²) in [5.41, 5.74) is 3.62. The number of nitrogens with zero attached hydrogens (tertiary/aromatic N) is 6. The van der Waals surface area contributed by atoms with Crippen LogP contribution in [0.5, 0.6) is 0 Å². The zero-order valence-corrected chi connectivity index (χ0v) is 12.8. The number of benzene rings is 1. The molecule has 7 heteroatoms. The molecule has 0 saturated heterocycles. The molecule has 0 atom stereocenters. The number of rotatable bonds is 1. The first-order valence-electron chi connectivity index (χ1n) is 7.84. The van der Waals surface area contributed by atoms with E-state index in [1.807, 2.05) is 11.0 Å². The average Bonchev–Trinajstić information content (AvgIpc) is 3.23. The molecule has 0 spiro atoms. The Kier molecular flexibility index (Phi) is 2.70. The molecule has 118 valence electrons. The molecule has 1 amide bonds. The monoisotopic (exact) mass is 318 g/mol. The molecule has 3 aromatic heterocycles. The average molecular weight is 318 g/mol. The maximum atomic E-state index is 12.8. The maximum absolute atomic E-state index is 12.8. The number of aromatic nitrogens is 5. The van der Waals surface area contributed by atoms with Crippen molar-refractivity contribution in [2.24, 2.45) is 0 Å². The highest BCUT2D eigenvalue weighted by Crippen LogP contribution is 2.24. The van der Waals surface area contributed by atoms with Crippen LogP contribution in [-0.4, -0.2) is 42.0 Å². The fourth-order valence-corrected chi connectivity index (χ4v) is 3.38. The third-order valence-electron chi connectivity index (χ3n) is 4.57. The molecule has 0 fully saturated rings. The van der Waals surface area contributed by atoms with Crippen molar-refractivity contribution in [3.63, 3.8) is 0 Å². The summed E-state index contributed by atoms with van der Waals surface area (Å²) in [4.78, 5) is 14.7. The van der Waals surface area contributed by atoms with Crippen molar-refractivity contribution in [2.45, 2.75) is 13.1 Å². The summed E-state index contributed by atoms with van der Waals surface area (Å²) in [5, 5.41) is 12.5. The van der Waals surface area contributed by atoms with Crippen molar-refractivity contribution in [3.8, 4) is 0 Å². The summed E-state index contributed by atoms with van der Waals surface area (Å²) < 4.78 is 3.82. The van der Waals surface area contributed by atoms with Gasteiger partial charge in [-0.15, -0.1) is 5.10 Å². The highest BCUT2D eigenvalue weighted by molar-refractivity contribution is 5.94. The smallest absolute Gasteiger partial charge is 0.255 e. The molecule has 0 bridgehead atoms. The van der Waals surface area contributed by atoms with E-state index < -0.39 is 0 Å². The van der Waals surface area contributed by atoms with Crippen LogP contribution >= 0.6 is 0 Å². The van der Waals surface area contributed by atoms with Crippen molar-refractivity contribution in [1.82, 2.24) is 29.5 Å². The summed E-state index contributed by atoms with van der Waals surface area (Å²) in [5.74, 6) is 0.00362. The molecule has 7 nitrogen and oxygen atoms in total. The van der Waals surface area contributed by atoms with Crippen molar-refractivity contribution in [3.05, 3.63) is 59.9 Å². The lowest BCUT2D eigenvalue weighted by Crippen LogP contribution is -2.38. The first-order valence-corrected chi connectivity index (χ1v) is 7.84. The minimum absolute atomic E-state index is 0.00362. The van der Waals surface area contributed by atoms with Crippen molar-refractivity contribution in [1.29, 1.82) is 0 Å². The van der Waals surface area contributed by atoms with Gasteiger partial charge in [-0.2, -0.15) is 4.52 Å². The van der Waals surface area contributed by atoms with Gasteiger partial charge < -0.3 is 9.47 Å². The van der Waals surface area contributed by atoms with Crippen molar-refractivity contribution >= 4 is 22.5 Å². The Labute approximate surface area is 137 Å². The molecular weight excluding hydrogens is 304 g/mol. The van der Waals surface area contributed by atoms with Crippen LogP contribution in [0.3, 0.4) is 0 Å². The molecule has 4 aromatic rings. The first-order chi connectivity index (χ1) is 11.8. The van der Waals surface area contributed by atoms with Gasteiger partial charge in [-0.3, -0.25) is 4.79 Å². The van der Waals surface area contributed by atoms with Gasteiger partial charge >= 0.3 is 0 Å². The Morgan fingerprint density at radius 1 is 1.08 bits per heavy atom. The summed E-state index contributed by atoms with van der Waals surface area (Å²) in [6.45, 7) is 2.11. The van der Waals surface area contributed by atoms with Gasteiger partial charge in [-0.05, 0) is 40.1 Å². The summed E-state index contributed by atoms with van der Waals surface area (Å²) in [6.07, 6.45) is 1.68. The number of amides is 1. The maximum Gasteiger partial charge on any atom is 0.255 e. The number of fused-ring (bicyclic) bond motifs is 4. The van der Waals surface area contributed by atoms with Gasteiger partial charge in [0.2, 0.25) is 0 Å². The Bertz CT molecular complexity index is 1080. The molecule has 0 unspecified atom stereocenters. The number of carbonyl (C=O) groups is 1. The lowest BCUT2D eigenvalue weighted by atomic mass is 10.2. The van der Waals surface area contributed by atoms with Gasteiger partial charge in [0.25, 0.3) is 5.91 Å². The zero-order valence-electron chi connectivity index (χ0n) is 12.8. The number of tetrazole rings is 1. The third kappa shape index (κ3) is 1.91. The predicted molar refractivity (Wildman–Crippen MR) is 87.5 cm³/mol. The van der Waals surface area contributed by atoms with E-state index in [1.54, 1.807) is 18.3 Å². The summed E-state index contributed by atoms with van der Waals surface area (Å²) >= 11 is 0. The van der Waals surface area contributed by atoms with E-state index in [4.69, 9.17) is 0 Å². The van der Waals surface area contributed by atoms with Gasteiger partial charge in [-0.1, -0.05) is 18.2 Å². The Balaban J connectivity index is 1.48. The highest BCUT2D eigenvalue weighted by atomic mass is 16.2. The molecule has 1 aromatic carbocycles. The minimum Gasteiger partial charge on any atom is -0.341 e. The van der Waals surface area contributed by atoms with Crippen LogP contribution in [0.2, 0.25) is 0 Å². The molecule has 0 N–H and O–H groups in total. The van der Waals surface area contributed by atoms with Crippen LogP contribution in [0, 0.1) is 0 Å². The second kappa shape index (κ2) is 4.89. The molecule has 1 aliphatic heterocycles. The van der Waals surface area contributed by atoms with E-state index in [-0.39, 0.29) is 5.91 Å². The topological polar surface area (TPSA) is 68.3 Å². The molecular formula is C17H14N6O. The lowest BCUT2D eigenvalue weighted by molar-refractivity contribution is 0.0712. The van der Waals surface area contributed by atoms with Crippen LogP contribution < -0.4 is 0 Å². The Hall–Kier alpha value is -3.22. The SMILES string of the molecule is O=C(c1ccc2nnnn2c1)N1CCn2c(cc3ccccc32)C1. The third-order valence-corrected chi connectivity index (χ3v) is 4.57. The Morgan fingerprint density at radius 2 is 2.00 bits per heavy atom. The van der Waals surface area contributed by atoms with Crippen LogP contribution in [-0.2, 0) is 13.1 Å². The second-order valence-corrected chi connectivity index (χ2v) is 5.97. The number of para-hydroxylation sites is 1. The van der Waals surface area contributed by atoms with Crippen LogP contribution in [0.4, 0.5) is 0 Å². The largest absolute Gasteiger partial charge is 0.341 e. The van der Waals surface area contributed by atoms with E-state index in [0.29, 0.717) is 24.3 Å². The molecule has 0 saturated carbocycles. The highest BCUT2D eigenvalue weighted by Gasteiger charge is 2.23. The van der Waals surface area contributed by atoms with Gasteiger partial charge in [0.15, 0.2) is 5.65 Å². The predicted octanol–water partition coefficient (Wildman–Crippen LogP) is 1.73. The van der Waals surface area contributed by atoms with Crippen LogP contribution in [0.25, 0.3) is 16.6 Å². The number of hydrogen-bond acceptors (Lipinski definition) is 4. The van der Waals surface area contributed by atoms with Gasteiger partial charge in [0.05, 0.1) is 12.1 Å². The molecule has 0 radical (unpaired) electrons. The van der Waals surface area contributed by atoms with Gasteiger partial charge in [0.1, 0.15) is 0 Å². The quantitative estimate of drug-likeness (QED) is 0.536. The number of carbonyl (C=O) groups excluding carboxylic acids is 1. The fraction of sp³-hybridized carbons (Fsp3) is 0.176. The van der Waals surface area contributed by atoms with Crippen molar-refractivity contribution in [2.75, 3.05) is 6.54 Å². The number of hydrogen-bond donors (Lipinski definition) is 0. The molecule has 4 heterocycles. The normalized spacial score (nSPS) is 14.2. The summed E-state index contributed by atoms with van der Waals surface area (Å²) in [6, 6.07) is 14.0. The van der Waals surface area contributed by atoms with Gasteiger partial charge in [0, 0.05) is 30.5 Å². The van der Waals surface area contributed by atoms with E-state index in [9.17, 15) is 4.79 Å². The summed E-state index contributed by atoms with van der Waals surface area (Å²) in [7, 11) is 0. The lowest BCUT2D eigenvalue weighted by Gasteiger charge is -2.29. The van der Waals surface area contributed by atoms with E-state index >= 15 is 0 Å². The fourth-order valence-electron chi connectivity index (χ4n) is 3.38. The van der Waals surface area contributed by atoms with E-state index in [2.05, 4.69) is 44.4 Å². The van der Waals surface area contributed by atoms with Crippen LogP contribution in [0.15, 0.2) is 48.7 Å². The minimum atomic E-state index is 0.00362. The molecule has 24 heavy (non-hydrogen) atoms. The molecule has 1 aliphatic rings.